The van der Waals surface area contributed by atoms with Crippen molar-refractivity contribution in [3.05, 3.63) is 49.9 Å². The van der Waals surface area contributed by atoms with E-state index in [0.717, 1.165) is 0 Å². The van der Waals surface area contributed by atoms with Crippen LogP contribution in [-0.2, 0) is 30.5 Å². The van der Waals surface area contributed by atoms with Crippen molar-refractivity contribution < 1.29 is 28.8 Å². The van der Waals surface area contributed by atoms with Crippen LogP contribution in [0.2, 0.25) is 0 Å². The van der Waals surface area contributed by atoms with E-state index in [-0.39, 0.29) is 40.9 Å². The highest BCUT2D eigenvalue weighted by atomic mass is 32.2. The van der Waals surface area contributed by atoms with E-state index in [2.05, 4.69) is 0 Å². The van der Waals surface area contributed by atoms with Gasteiger partial charge in [-0.1, -0.05) is 11.8 Å². The molecule has 0 N–H and O–H groups in total. The van der Waals surface area contributed by atoms with Gasteiger partial charge in [0.15, 0.2) is 5.70 Å². The van der Waals surface area contributed by atoms with Crippen molar-refractivity contribution >= 4 is 47.0 Å². The predicted octanol–water partition coefficient (Wildman–Crippen LogP) is 1.70. The Morgan fingerprint density at radius 1 is 1.26 bits per heavy atom. The Hall–Kier alpha value is -2.57. The fourth-order valence-corrected chi connectivity index (χ4v) is 5.91. The Balaban J connectivity index is 1.40. The molecule has 0 aliphatic carbocycles. The number of hydrogen-bond donors (Lipinski definition) is 0. The molecule has 0 radical (unpaired) electrons. The molecule has 10 nitrogen and oxygen atoms in total. The third-order valence-corrected chi connectivity index (χ3v) is 7.53. The molecular weight excluding hydrogens is 446 g/mol. The summed E-state index contributed by atoms with van der Waals surface area (Å²) in [6.07, 6.45) is 0.339. The van der Waals surface area contributed by atoms with Gasteiger partial charge in [0.2, 0.25) is 11.8 Å². The van der Waals surface area contributed by atoms with E-state index in [1.54, 1.807) is 4.90 Å². The number of benzene rings is 1. The summed E-state index contributed by atoms with van der Waals surface area (Å²) in [6.45, 7) is 2.03. The van der Waals surface area contributed by atoms with Crippen molar-refractivity contribution in [3.8, 4) is 0 Å². The number of thioether (sulfide) groups is 2. The van der Waals surface area contributed by atoms with Crippen LogP contribution >= 0.6 is 23.5 Å². The number of nitro groups is 1. The molecular formula is C19H19N3O7S2. The first-order chi connectivity index (χ1) is 14.9. The number of non-ortho nitro benzene ring substituents is 1. The number of nitro benzene ring substituents is 1. The molecule has 3 aliphatic rings. The third kappa shape index (κ3) is 4.70. The maximum absolute atomic E-state index is 12.8. The number of amides is 2. The van der Waals surface area contributed by atoms with E-state index in [9.17, 15) is 24.5 Å². The molecule has 2 fully saturated rings. The highest BCUT2D eigenvalue weighted by molar-refractivity contribution is 8.23. The number of β-lactam (4-membered cyclic amide) rings is 1. The van der Waals surface area contributed by atoms with E-state index in [1.165, 1.54) is 52.7 Å². The number of carbonyl (C=O) groups is 3. The van der Waals surface area contributed by atoms with E-state index < -0.39 is 10.9 Å². The lowest BCUT2D eigenvalue weighted by Crippen LogP contribution is -2.48. The minimum atomic E-state index is -0.650. The van der Waals surface area contributed by atoms with Crippen molar-refractivity contribution in [1.82, 2.24) is 9.80 Å². The quantitative estimate of drug-likeness (QED) is 0.256. The molecule has 2 saturated heterocycles. The fraction of sp³-hybridized carbons (Fsp3) is 0.421. The number of morpholine rings is 1. The Morgan fingerprint density at radius 3 is 2.61 bits per heavy atom. The van der Waals surface area contributed by atoms with Crippen molar-refractivity contribution in [1.29, 1.82) is 0 Å². The molecule has 164 valence electrons. The summed E-state index contributed by atoms with van der Waals surface area (Å²) < 4.78 is 11.2. The van der Waals surface area contributed by atoms with Gasteiger partial charge in [0.05, 0.1) is 39.9 Å². The predicted molar refractivity (Wildman–Crippen MR) is 113 cm³/mol. The zero-order chi connectivity index (χ0) is 22.0. The zero-order valence-corrected chi connectivity index (χ0v) is 18.0. The van der Waals surface area contributed by atoms with Gasteiger partial charge in [-0.2, -0.15) is 0 Å². The molecule has 3 heterocycles. The molecule has 0 spiro atoms. The largest absolute Gasteiger partial charge is 0.456 e. The average Bonchev–Trinajstić information content (AvgIpc) is 3.08. The van der Waals surface area contributed by atoms with E-state index in [4.69, 9.17) is 9.47 Å². The first kappa shape index (κ1) is 21.7. The van der Waals surface area contributed by atoms with Crippen LogP contribution in [0.25, 0.3) is 0 Å². The summed E-state index contributed by atoms with van der Waals surface area (Å²) in [4.78, 5) is 50.6. The van der Waals surface area contributed by atoms with Gasteiger partial charge in [-0.15, -0.1) is 11.8 Å². The first-order valence-electron chi connectivity index (χ1n) is 9.56. The zero-order valence-electron chi connectivity index (χ0n) is 16.4. The molecule has 4 rings (SSSR count). The molecule has 0 unspecified atom stereocenters. The normalized spacial score (nSPS) is 20.4. The number of hydrogen-bond acceptors (Lipinski definition) is 9. The summed E-state index contributed by atoms with van der Waals surface area (Å²) >= 11 is 2.63. The van der Waals surface area contributed by atoms with Crippen LogP contribution in [0.15, 0.2) is 34.2 Å². The molecule has 2 amide bonds. The lowest BCUT2D eigenvalue weighted by atomic mass is 10.2. The van der Waals surface area contributed by atoms with Crippen molar-refractivity contribution in [2.75, 3.05) is 32.1 Å². The van der Waals surface area contributed by atoms with Crippen LogP contribution in [-0.4, -0.2) is 69.9 Å². The second-order valence-electron chi connectivity index (χ2n) is 6.96. The minimum Gasteiger partial charge on any atom is -0.456 e. The molecule has 1 aromatic carbocycles. The van der Waals surface area contributed by atoms with Gasteiger partial charge in [-0.25, -0.2) is 4.79 Å². The van der Waals surface area contributed by atoms with Crippen LogP contribution in [0.1, 0.15) is 12.0 Å². The van der Waals surface area contributed by atoms with Gasteiger partial charge in [-0.05, 0) is 17.7 Å². The highest BCUT2D eigenvalue weighted by Gasteiger charge is 2.49. The molecule has 1 aromatic rings. The fourth-order valence-electron chi connectivity index (χ4n) is 3.27. The lowest BCUT2D eigenvalue weighted by Gasteiger charge is -2.34. The molecule has 0 bridgehead atoms. The maximum Gasteiger partial charge on any atom is 0.357 e. The van der Waals surface area contributed by atoms with Gasteiger partial charge in [0, 0.05) is 25.2 Å². The average molecular weight is 466 g/mol. The van der Waals surface area contributed by atoms with Crippen LogP contribution in [0, 0.1) is 10.1 Å². The van der Waals surface area contributed by atoms with Crippen molar-refractivity contribution in [3.63, 3.8) is 0 Å². The molecule has 0 aromatic heterocycles. The molecule has 0 saturated carbocycles. The van der Waals surface area contributed by atoms with E-state index >= 15 is 0 Å². The number of carbonyl (C=O) groups excluding carboxylic acids is 3. The smallest absolute Gasteiger partial charge is 0.357 e. The summed E-state index contributed by atoms with van der Waals surface area (Å²) in [6, 6.07) is 5.69. The van der Waals surface area contributed by atoms with E-state index in [0.29, 0.717) is 42.5 Å². The number of fused-ring (bicyclic) bond motifs is 1. The highest BCUT2D eigenvalue weighted by Crippen LogP contribution is 2.50. The van der Waals surface area contributed by atoms with Gasteiger partial charge >= 0.3 is 5.97 Å². The number of rotatable bonds is 7. The Morgan fingerprint density at radius 2 is 1.97 bits per heavy atom. The van der Waals surface area contributed by atoms with Crippen LogP contribution in [0.3, 0.4) is 0 Å². The summed E-state index contributed by atoms with van der Waals surface area (Å²) in [5.41, 5.74) is 0.712. The van der Waals surface area contributed by atoms with Gasteiger partial charge in [0.25, 0.3) is 5.69 Å². The third-order valence-electron chi connectivity index (χ3n) is 4.98. The lowest BCUT2D eigenvalue weighted by molar-refractivity contribution is -0.384. The minimum absolute atomic E-state index is 0.0411. The second kappa shape index (κ2) is 9.28. The number of nitrogens with zero attached hydrogens (tertiary/aromatic N) is 3. The van der Waals surface area contributed by atoms with Gasteiger partial charge in [0.1, 0.15) is 6.61 Å². The topological polar surface area (TPSA) is 119 Å². The molecule has 31 heavy (non-hydrogen) atoms. The molecule has 3 aliphatic heterocycles. The molecule has 1 atom stereocenters. The second-order valence-corrected chi connectivity index (χ2v) is 9.39. The van der Waals surface area contributed by atoms with Crippen molar-refractivity contribution in [2.24, 2.45) is 0 Å². The Kier molecular flexibility index (Phi) is 6.49. The van der Waals surface area contributed by atoms with E-state index in [1.807, 2.05) is 0 Å². The van der Waals surface area contributed by atoms with Gasteiger partial charge < -0.3 is 14.4 Å². The SMILES string of the molecule is O=C(OCc1ccc([N+](=O)[O-])cc1)C1=C(SCC(=O)N2CCOCC2)S[C@H]2CC(=O)N12. The van der Waals surface area contributed by atoms with Crippen LogP contribution in [0.5, 0.6) is 0 Å². The number of esters is 1. The standard InChI is InChI=1S/C19H19N3O7S2/c23-14-9-16-21(14)17(18(25)29-10-12-1-3-13(4-2-12)22(26)27)19(31-16)30-11-15(24)20-5-7-28-8-6-20/h1-4,16H,5-11H2/t16-/m0/s1. The monoisotopic (exact) mass is 465 g/mol. The molecule has 12 heteroatoms. The summed E-state index contributed by atoms with van der Waals surface area (Å²) in [5.74, 6) is -0.686. The van der Waals surface area contributed by atoms with Gasteiger partial charge in [-0.3, -0.25) is 24.6 Å². The first-order valence-corrected chi connectivity index (χ1v) is 11.4. The maximum atomic E-state index is 12.8. The Labute approximate surface area is 186 Å². The van der Waals surface area contributed by atoms with Crippen LogP contribution < -0.4 is 0 Å². The Bertz CT molecular complexity index is 944. The number of ether oxygens (including phenoxy) is 2. The summed E-state index contributed by atoms with van der Waals surface area (Å²) in [5, 5.41) is 10.6. The van der Waals surface area contributed by atoms with Crippen LogP contribution in [0.4, 0.5) is 5.69 Å². The summed E-state index contributed by atoms with van der Waals surface area (Å²) in [7, 11) is 0. The van der Waals surface area contributed by atoms with Crippen molar-refractivity contribution in [2.45, 2.75) is 18.4 Å².